The number of halogens is 1. The summed E-state index contributed by atoms with van der Waals surface area (Å²) in [4.78, 5) is 17.2. The van der Waals surface area contributed by atoms with Crippen molar-refractivity contribution in [2.45, 2.75) is 31.2 Å². The molecule has 4 heteroatoms. The molecule has 3 rings (SSSR count). The molecule has 2 aromatic rings. The van der Waals surface area contributed by atoms with Crippen molar-refractivity contribution in [3.63, 3.8) is 0 Å². The molecule has 0 saturated carbocycles. The third kappa shape index (κ3) is 4.31. The maximum absolute atomic E-state index is 14.4. The first-order valence-electron chi connectivity index (χ1n) is 9.30. The van der Waals surface area contributed by atoms with Crippen LogP contribution in [0.4, 0.5) is 4.39 Å². The van der Waals surface area contributed by atoms with Crippen LogP contribution in [0.15, 0.2) is 54.6 Å². The van der Waals surface area contributed by atoms with Gasteiger partial charge in [0.25, 0.3) is 0 Å². The smallest absolute Gasteiger partial charge is 0.223 e. The summed E-state index contributed by atoms with van der Waals surface area (Å²) < 4.78 is 14.4. The standard InChI is InChI=1S/C22H27FN2O/c1-24-14-12-18(13-15-24)25(2)22(26)16-20(17-8-4-3-5-9-17)19-10-6-7-11-21(19)23/h3-11,18,20H,12-16H2,1-2H3. The van der Waals surface area contributed by atoms with Crippen LogP contribution < -0.4 is 0 Å². The van der Waals surface area contributed by atoms with E-state index in [4.69, 9.17) is 0 Å². The second kappa shape index (κ2) is 8.45. The van der Waals surface area contributed by atoms with E-state index in [1.165, 1.54) is 6.07 Å². The van der Waals surface area contributed by atoms with Crippen molar-refractivity contribution in [3.05, 3.63) is 71.5 Å². The Bertz CT molecular complexity index is 726. The predicted molar refractivity (Wildman–Crippen MR) is 103 cm³/mol. The number of amides is 1. The number of benzene rings is 2. The number of rotatable bonds is 5. The lowest BCUT2D eigenvalue weighted by atomic mass is 9.87. The van der Waals surface area contributed by atoms with Crippen molar-refractivity contribution in [1.82, 2.24) is 9.80 Å². The molecular weight excluding hydrogens is 327 g/mol. The summed E-state index contributed by atoms with van der Waals surface area (Å²) in [5.41, 5.74) is 1.56. The number of nitrogens with zero attached hydrogens (tertiary/aromatic N) is 2. The summed E-state index contributed by atoms with van der Waals surface area (Å²) in [5.74, 6) is -0.439. The molecule has 2 aromatic carbocycles. The third-order valence-corrected chi connectivity index (χ3v) is 5.49. The quantitative estimate of drug-likeness (QED) is 0.813. The average Bonchev–Trinajstić information content (AvgIpc) is 2.67. The van der Waals surface area contributed by atoms with Gasteiger partial charge in [-0.2, -0.15) is 0 Å². The van der Waals surface area contributed by atoms with Crippen molar-refractivity contribution in [1.29, 1.82) is 0 Å². The van der Waals surface area contributed by atoms with Crippen molar-refractivity contribution in [2.75, 3.05) is 27.2 Å². The van der Waals surface area contributed by atoms with E-state index in [-0.39, 0.29) is 30.1 Å². The van der Waals surface area contributed by atoms with Crippen LogP contribution in [0.3, 0.4) is 0 Å². The van der Waals surface area contributed by atoms with E-state index in [0.717, 1.165) is 31.5 Å². The number of hydrogen-bond donors (Lipinski definition) is 0. The molecule has 1 heterocycles. The van der Waals surface area contributed by atoms with Crippen LogP contribution in [0.1, 0.15) is 36.3 Å². The molecule has 0 spiro atoms. The zero-order valence-corrected chi connectivity index (χ0v) is 15.6. The Kier molecular flexibility index (Phi) is 6.04. The van der Waals surface area contributed by atoms with E-state index in [2.05, 4.69) is 11.9 Å². The first-order chi connectivity index (χ1) is 12.6. The molecule has 26 heavy (non-hydrogen) atoms. The minimum Gasteiger partial charge on any atom is -0.343 e. The fourth-order valence-corrected chi connectivity index (χ4v) is 3.75. The van der Waals surface area contributed by atoms with E-state index >= 15 is 0 Å². The molecule has 1 saturated heterocycles. The number of piperidine rings is 1. The van der Waals surface area contributed by atoms with Crippen LogP contribution in [0, 0.1) is 5.82 Å². The van der Waals surface area contributed by atoms with E-state index in [1.807, 2.05) is 48.3 Å². The lowest BCUT2D eigenvalue weighted by molar-refractivity contribution is -0.133. The lowest BCUT2D eigenvalue weighted by Crippen LogP contribution is -2.44. The Labute approximate surface area is 155 Å². The van der Waals surface area contributed by atoms with Crippen LogP contribution in [-0.4, -0.2) is 48.9 Å². The highest BCUT2D eigenvalue weighted by Gasteiger charge is 2.27. The SMILES string of the molecule is CN1CCC(N(C)C(=O)CC(c2ccccc2)c2ccccc2F)CC1. The molecule has 3 nitrogen and oxygen atoms in total. The van der Waals surface area contributed by atoms with Crippen LogP contribution in [-0.2, 0) is 4.79 Å². The molecule has 1 unspecified atom stereocenters. The summed E-state index contributed by atoms with van der Waals surface area (Å²) in [6, 6.07) is 16.8. The molecule has 0 N–H and O–H groups in total. The summed E-state index contributed by atoms with van der Waals surface area (Å²) in [6.45, 7) is 2.02. The first kappa shape index (κ1) is 18.6. The topological polar surface area (TPSA) is 23.6 Å². The average molecular weight is 354 g/mol. The van der Waals surface area contributed by atoms with Gasteiger partial charge in [-0.05, 0) is 50.2 Å². The molecule has 1 fully saturated rings. The molecule has 1 aliphatic heterocycles. The fourth-order valence-electron chi connectivity index (χ4n) is 3.75. The second-order valence-electron chi connectivity index (χ2n) is 7.23. The van der Waals surface area contributed by atoms with E-state index in [9.17, 15) is 9.18 Å². The summed E-state index contributed by atoms with van der Waals surface area (Å²) in [6.07, 6.45) is 2.27. The van der Waals surface area contributed by atoms with E-state index < -0.39 is 0 Å². The number of carbonyl (C=O) groups is 1. The Morgan fingerprint density at radius 3 is 2.38 bits per heavy atom. The largest absolute Gasteiger partial charge is 0.343 e. The zero-order valence-electron chi connectivity index (χ0n) is 15.6. The van der Waals surface area contributed by atoms with Crippen molar-refractivity contribution >= 4 is 5.91 Å². The van der Waals surface area contributed by atoms with Gasteiger partial charge >= 0.3 is 0 Å². The highest BCUT2D eigenvalue weighted by molar-refractivity contribution is 5.78. The molecular formula is C22H27FN2O. The van der Waals surface area contributed by atoms with Gasteiger partial charge in [0, 0.05) is 25.4 Å². The fraction of sp³-hybridized carbons (Fsp3) is 0.409. The molecule has 0 aliphatic carbocycles. The number of likely N-dealkylation sites (tertiary alicyclic amines) is 1. The van der Waals surface area contributed by atoms with Gasteiger partial charge in [-0.1, -0.05) is 48.5 Å². The summed E-state index contributed by atoms with van der Waals surface area (Å²) in [5, 5.41) is 0. The minimum absolute atomic E-state index is 0.0802. The minimum atomic E-state index is -0.265. The third-order valence-electron chi connectivity index (χ3n) is 5.49. The lowest BCUT2D eigenvalue weighted by Gasteiger charge is -2.35. The van der Waals surface area contributed by atoms with Crippen molar-refractivity contribution < 1.29 is 9.18 Å². The molecule has 1 atom stereocenters. The van der Waals surface area contributed by atoms with Gasteiger partial charge in [-0.15, -0.1) is 0 Å². The van der Waals surface area contributed by atoms with Crippen molar-refractivity contribution in [2.24, 2.45) is 0 Å². The van der Waals surface area contributed by atoms with Crippen LogP contribution in [0.25, 0.3) is 0 Å². The van der Waals surface area contributed by atoms with Gasteiger partial charge in [0.1, 0.15) is 5.82 Å². The Hall–Kier alpha value is -2.20. The van der Waals surface area contributed by atoms with Crippen molar-refractivity contribution in [3.8, 4) is 0 Å². The predicted octanol–water partition coefficient (Wildman–Crippen LogP) is 3.90. The molecule has 0 bridgehead atoms. The van der Waals surface area contributed by atoms with Gasteiger partial charge in [0.2, 0.25) is 5.91 Å². The van der Waals surface area contributed by atoms with Gasteiger partial charge in [-0.25, -0.2) is 4.39 Å². The Morgan fingerprint density at radius 2 is 1.73 bits per heavy atom. The molecule has 1 amide bonds. The van der Waals surface area contributed by atoms with Gasteiger partial charge < -0.3 is 9.80 Å². The van der Waals surface area contributed by atoms with E-state index in [0.29, 0.717) is 5.56 Å². The van der Waals surface area contributed by atoms with Crippen LogP contribution in [0.2, 0.25) is 0 Å². The monoisotopic (exact) mass is 354 g/mol. The van der Waals surface area contributed by atoms with Gasteiger partial charge in [-0.3, -0.25) is 4.79 Å². The molecule has 1 aliphatic rings. The van der Waals surface area contributed by atoms with Gasteiger partial charge in [0.05, 0.1) is 0 Å². The normalized spacial score (nSPS) is 17.0. The highest BCUT2D eigenvalue weighted by Crippen LogP contribution is 2.31. The van der Waals surface area contributed by atoms with Crippen LogP contribution >= 0.6 is 0 Å². The Morgan fingerprint density at radius 1 is 1.12 bits per heavy atom. The molecule has 0 aromatic heterocycles. The number of carbonyl (C=O) groups excluding carboxylic acids is 1. The maximum Gasteiger partial charge on any atom is 0.223 e. The second-order valence-corrected chi connectivity index (χ2v) is 7.23. The summed E-state index contributed by atoms with van der Waals surface area (Å²) in [7, 11) is 4.00. The maximum atomic E-state index is 14.4. The first-order valence-corrected chi connectivity index (χ1v) is 9.30. The molecule has 0 radical (unpaired) electrons. The van der Waals surface area contributed by atoms with Gasteiger partial charge in [0.15, 0.2) is 0 Å². The van der Waals surface area contributed by atoms with E-state index in [1.54, 1.807) is 12.1 Å². The highest BCUT2D eigenvalue weighted by atomic mass is 19.1. The Balaban J connectivity index is 1.80. The summed E-state index contributed by atoms with van der Waals surface area (Å²) >= 11 is 0. The van der Waals surface area contributed by atoms with Crippen LogP contribution in [0.5, 0.6) is 0 Å². The zero-order chi connectivity index (χ0) is 18.5. The number of hydrogen-bond acceptors (Lipinski definition) is 2. The molecule has 138 valence electrons.